The predicted molar refractivity (Wildman–Crippen MR) is 152 cm³/mol. The molecule has 0 saturated carbocycles. The second kappa shape index (κ2) is 11.5. The Balaban J connectivity index is 1.19. The molecule has 0 radical (unpaired) electrons. The third-order valence-electron chi connectivity index (χ3n) is 7.46. The minimum atomic E-state index is -4.62. The Bertz CT molecular complexity index is 1670. The van der Waals surface area contributed by atoms with Crippen LogP contribution in [0.5, 0.6) is 0 Å². The van der Waals surface area contributed by atoms with E-state index in [1.54, 1.807) is 36.2 Å². The lowest BCUT2D eigenvalue weighted by atomic mass is 10.1. The number of methoxy groups -OCH3 is 1. The molecular weight excluding hydrogens is 545 g/mol. The van der Waals surface area contributed by atoms with Crippen LogP contribution in [0.15, 0.2) is 79.4 Å². The van der Waals surface area contributed by atoms with Gasteiger partial charge in [-0.25, -0.2) is 14.5 Å². The number of hydrogen-bond acceptors (Lipinski definition) is 8. The van der Waals surface area contributed by atoms with Crippen molar-refractivity contribution in [3.63, 3.8) is 0 Å². The zero-order valence-electron chi connectivity index (χ0n) is 22.9. The first kappa shape index (κ1) is 27.8. The van der Waals surface area contributed by atoms with Gasteiger partial charge in [0.25, 0.3) is 0 Å². The molecule has 1 unspecified atom stereocenters. The van der Waals surface area contributed by atoms with Gasteiger partial charge in [-0.05, 0) is 35.4 Å². The number of fused-ring (bicyclic) bond motifs is 1. The van der Waals surface area contributed by atoms with Gasteiger partial charge < -0.3 is 10.5 Å². The fourth-order valence-electron chi connectivity index (χ4n) is 5.29. The van der Waals surface area contributed by atoms with Crippen molar-refractivity contribution in [1.82, 2.24) is 34.4 Å². The summed E-state index contributed by atoms with van der Waals surface area (Å²) < 4.78 is 47.7. The molecule has 9 nitrogen and oxygen atoms in total. The first-order chi connectivity index (χ1) is 20.3. The van der Waals surface area contributed by atoms with Crippen LogP contribution in [0.1, 0.15) is 22.9 Å². The zero-order chi connectivity index (χ0) is 29.3. The second-order valence-corrected chi connectivity index (χ2v) is 10.2. The molecule has 0 spiro atoms. The van der Waals surface area contributed by atoms with Crippen molar-refractivity contribution < 1.29 is 17.9 Å². The van der Waals surface area contributed by atoms with Crippen LogP contribution < -0.4 is 5.73 Å². The molecule has 0 amide bonds. The number of alkyl halides is 3. The quantitative estimate of drug-likeness (QED) is 0.293. The number of aromatic nitrogens is 5. The topological polar surface area (TPSA) is 97.7 Å². The van der Waals surface area contributed by atoms with E-state index < -0.39 is 17.6 Å². The van der Waals surface area contributed by atoms with Gasteiger partial charge >= 0.3 is 6.18 Å². The van der Waals surface area contributed by atoms with Crippen LogP contribution in [-0.2, 0) is 17.5 Å². The van der Waals surface area contributed by atoms with E-state index in [2.05, 4.69) is 35.9 Å². The highest BCUT2D eigenvalue weighted by Crippen LogP contribution is 2.35. The number of anilines is 1. The lowest BCUT2D eigenvalue weighted by Gasteiger charge is -2.38. The lowest BCUT2D eigenvalue weighted by molar-refractivity contribution is -0.137. The molecular formula is C30H29F3N8O. The minimum Gasteiger partial charge on any atom is -0.383 e. The molecule has 12 heteroatoms. The van der Waals surface area contributed by atoms with Crippen LogP contribution in [0, 0.1) is 0 Å². The Labute approximate surface area is 240 Å². The highest BCUT2D eigenvalue weighted by molar-refractivity contribution is 5.67. The SMILES string of the molecule is COC(c1ccc(-c2cnc3ccc(-c4cnc(N)c(C(F)(F)F)c4)nn23)cc1)N1CCN(Cc2cccnc2)CC1. The monoisotopic (exact) mass is 574 g/mol. The Kier molecular flexibility index (Phi) is 7.58. The summed E-state index contributed by atoms with van der Waals surface area (Å²) in [5.74, 6) is -0.572. The van der Waals surface area contributed by atoms with E-state index in [1.165, 1.54) is 11.8 Å². The Hall–Kier alpha value is -4.39. The zero-order valence-corrected chi connectivity index (χ0v) is 22.9. The van der Waals surface area contributed by atoms with E-state index in [1.807, 2.05) is 36.5 Å². The molecule has 1 aromatic carbocycles. The van der Waals surface area contributed by atoms with Crippen LogP contribution in [0.2, 0.25) is 0 Å². The van der Waals surface area contributed by atoms with Gasteiger partial charge in [-0.3, -0.25) is 14.8 Å². The van der Waals surface area contributed by atoms with Crippen molar-refractivity contribution in [2.75, 3.05) is 39.0 Å². The largest absolute Gasteiger partial charge is 0.419 e. The minimum absolute atomic E-state index is 0.188. The molecule has 1 saturated heterocycles. The molecule has 6 rings (SSSR count). The smallest absolute Gasteiger partial charge is 0.383 e. The Morgan fingerprint density at radius 1 is 0.929 bits per heavy atom. The fourth-order valence-corrected chi connectivity index (χ4v) is 5.29. The van der Waals surface area contributed by atoms with Gasteiger partial charge in [-0.1, -0.05) is 30.3 Å². The van der Waals surface area contributed by atoms with Crippen molar-refractivity contribution in [2.24, 2.45) is 0 Å². The second-order valence-electron chi connectivity index (χ2n) is 10.2. The summed E-state index contributed by atoms with van der Waals surface area (Å²) >= 11 is 0. The molecule has 2 N–H and O–H groups in total. The van der Waals surface area contributed by atoms with Crippen molar-refractivity contribution >= 4 is 11.5 Å². The number of hydrogen-bond donors (Lipinski definition) is 1. The van der Waals surface area contributed by atoms with Gasteiger partial charge in [-0.15, -0.1) is 0 Å². The highest BCUT2D eigenvalue weighted by Gasteiger charge is 2.34. The number of benzene rings is 1. The van der Waals surface area contributed by atoms with Crippen molar-refractivity contribution in [1.29, 1.82) is 0 Å². The van der Waals surface area contributed by atoms with E-state index in [0.717, 1.165) is 49.9 Å². The van der Waals surface area contributed by atoms with Crippen LogP contribution >= 0.6 is 0 Å². The van der Waals surface area contributed by atoms with Crippen LogP contribution in [0.4, 0.5) is 19.0 Å². The number of nitrogens with two attached hydrogens (primary N) is 1. The van der Waals surface area contributed by atoms with E-state index in [0.29, 0.717) is 17.0 Å². The average Bonchev–Trinajstić information content (AvgIpc) is 3.42. The van der Waals surface area contributed by atoms with Crippen LogP contribution in [-0.4, -0.2) is 67.7 Å². The maximum Gasteiger partial charge on any atom is 0.419 e. The molecule has 1 fully saturated rings. The Morgan fingerprint density at radius 2 is 1.71 bits per heavy atom. The summed E-state index contributed by atoms with van der Waals surface area (Å²) in [6.07, 6.45) is 1.87. The van der Waals surface area contributed by atoms with Gasteiger partial charge in [-0.2, -0.15) is 18.3 Å². The molecule has 1 atom stereocenters. The van der Waals surface area contributed by atoms with Crippen molar-refractivity contribution in [3.05, 3.63) is 96.1 Å². The summed E-state index contributed by atoms with van der Waals surface area (Å²) in [6.45, 7) is 4.47. The van der Waals surface area contributed by atoms with Crippen molar-refractivity contribution in [3.8, 4) is 22.5 Å². The number of ether oxygens (including phenoxy) is 1. The molecule has 5 heterocycles. The highest BCUT2D eigenvalue weighted by atomic mass is 19.4. The normalized spacial score (nSPS) is 15.7. The van der Waals surface area contributed by atoms with E-state index in [9.17, 15) is 13.2 Å². The van der Waals surface area contributed by atoms with Crippen molar-refractivity contribution in [2.45, 2.75) is 18.9 Å². The predicted octanol–water partition coefficient (Wildman–Crippen LogP) is 4.92. The number of nitrogens with zero attached hydrogens (tertiary/aromatic N) is 7. The summed E-state index contributed by atoms with van der Waals surface area (Å²) in [5, 5.41) is 4.58. The Morgan fingerprint density at radius 3 is 2.40 bits per heavy atom. The van der Waals surface area contributed by atoms with Crippen LogP contribution in [0.25, 0.3) is 28.2 Å². The number of pyridine rings is 2. The number of nitrogen functional groups attached to an aromatic ring is 1. The first-order valence-electron chi connectivity index (χ1n) is 13.5. The van der Waals surface area contributed by atoms with E-state index in [-0.39, 0.29) is 11.8 Å². The van der Waals surface area contributed by atoms with Crippen LogP contribution in [0.3, 0.4) is 0 Å². The molecule has 0 bridgehead atoms. The average molecular weight is 575 g/mol. The van der Waals surface area contributed by atoms with Gasteiger partial charge in [0.1, 0.15) is 12.0 Å². The summed E-state index contributed by atoms with van der Waals surface area (Å²) in [5.41, 5.74) is 9.36. The molecule has 4 aromatic heterocycles. The third-order valence-corrected chi connectivity index (χ3v) is 7.46. The molecule has 1 aliphatic heterocycles. The number of imidazole rings is 1. The van der Waals surface area contributed by atoms with Gasteiger partial charge in [0.2, 0.25) is 0 Å². The van der Waals surface area contributed by atoms with Gasteiger partial charge in [0, 0.05) is 69.6 Å². The fraction of sp³-hybridized carbons (Fsp3) is 0.267. The third kappa shape index (κ3) is 5.69. The van der Waals surface area contributed by atoms with Gasteiger partial charge in [0.15, 0.2) is 5.65 Å². The summed E-state index contributed by atoms with van der Waals surface area (Å²) in [7, 11) is 1.72. The molecule has 1 aliphatic rings. The summed E-state index contributed by atoms with van der Waals surface area (Å²) in [4.78, 5) is 17.1. The number of halogens is 3. The number of rotatable bonds is 7. The molecule has 0 aliphatic carbocycles. The summed E-state index contributed by atoms with van der Waals surface area (Å²) in [6, 6.07) is 16.3. The van der Waals surface area contributed by atoms with Gasteiger partial charge in [0.05, 0.1) is 23.1 Å². The standard InChI is InChI=1S/C30H29F3N8O/c1-42-29(40-13-11-39(12-14-40)19-20-3-2-10-35-16-20)22-6-4-21(5-7-22)26-18-36-27-9-8-25(38-41(26)27)23-15-24(30(31,32)33)28(34)37-17-23/h2-10,15-18,29H,11-14,19H2,1H3,(H2,34,37). The maximum absolute atomic E-state index is 13.4. The maximum atomic E-state index is 13.4. The number of piperazine rings is 1. The van der Waals surface area contributed by atoms with E-state index in [4.69, 9.17) is 10.5 Å². The lowest BCUT2D eigenvalue weighted by Crippen LogP contribution is -2.47. The first-order valence-corrected chi connectivity index (χ1v) is 13.5. The molecule has 216 valence electrons. The van der Waals surface area contributed by atoms with E-state index >= 15 is 0 Å². The molecule has 5 aromatic rings. The molecule has 42 heavy (non-hydrogen) atoms.